The van der Waals surface area contributed by atoms with Gasteiger partial charge in [0.25, 0.3) is 0 Å². The SMILES string of the molecule is CC(C)(C)c1ccc(C(CO)OC/C=C/c2ccccc2)cc1. The van der Waals surface area contributed by atoms with Gasteiger partial charge in [-0.05, 0) is 22.1 Å². The molecule has 0 fully saturated rings. The van der Waals surface area contributed by atoms with Crippen molar-refractivity contribution in [3.63, 3.8) is 0 Å². The summed E-state index contributed by atoms with van der Waals surface area (Å²) >= 11 is 0. The Labute approximate surface area is 139 Å². The summed E-state index contributed by atoms with van der Waals surface area (Å²) in [6, 6.07) is 18.4. The summed E-state index contributed by atoms with van der Waals surface area (Å²) in [5.41, 5.74) is 3.56. The molecule has 0 saturated heterocycles. The number of ether oxygens (including phenoxy) is 1. The van der Waals surface area contributed by atoms with Crippen LogP contribution in [0.1, 0.15) is 43.6 Å². The fourth-order valence-electron chi connectivity index (χ4n) is 2.37. The maximum Gasteiger partial charge on any atom is 0.106 e. The Morgan fingerprint density at radius 2 is 1.65 bits per heavy atom. The molecule has 1 N–H and O–H groups in total. The van der Waals surface area contributed by atoms with E-state index < -0.39 is 0 Å². The van der Waals surface area contributed by atoms with Crippen LogP contribution in [0, 0.1) is 0 Å². The van der Waals surface area contributed by atoms with Gasteiger partial charge < -0.3 is 9.84 Å². The van der Waals surface area contributed by atoms with E-state index in [1.54, 1.807) is 0 Å². The lowest BCUT2D eigenvalue weighted by molar-refractivity contribution is 0.0276. The van der Waals surface area contributed by atoms with Crippen LogP contribution in [-0.2, 0) is 10.2 Å². The number of aliphatic hydroxyl groups is 1. The molecule has 1 atom stereocenters. The lowest BCUT2D eigenvalue weighted by Crippen LogP contribution is -2.13. The summed E-state index contributed by atoms with van der Waals surface area (Å²) in [6.07, 6.45) is 3.71. The minimum atomic E-state index is -0.288. The van der Waals surface area contributed by atoms with Crippen molar-refractivity contribution in [3.8, 4) is 0 Å². The minimum Gasteiger partial charge on any atom is -0.393 e. The quantitative estimate of drug-likeness (QED) is 0.834. The van der Waals surface area contributed by atoms with Gasteiger partial charge in [-0.2, -0.15) is 0 Å². The number of aliphatic hydroxyl groups excluding tert-OH is 1. The van der Waals surface area contributed by atoms with Crippen molar-refractivity contribution in [2.24, 2.45) is 0 Å². The minimum absolute atomic E-state index is 0.0198. The number of hydrogen-bond acceptors (Lipinski definition) is 2. The molecule has 2 nitrogen and oxygen atoms in total. The molecule has 0 spiro atoms. The van der Waals surface area contributed by atoms with E-state index in [4.69, 9.17) is 4.74 Å². The topological polar surface area (TPSA) is 29.5 Å². The van der Waals surface area contributed by atoms with E-state index in [0.29, 0.717) is 6.61 Å². The van der Waals surface area contributed by atoms with Crippen LogP contribution in [0.3, 0.4) is 0 Å². The first kappa shape index (κ1) is 17.5. The summed E-state index contributed by atoms with van der Waals surface area (Å²) in [6.45, 7) is 7.03. The summed E-state index contributed by atoms with van der Waals surface area (Å²) in [5.74, 6) is 0. The van der Waals surface area contributed by atoms with Crippen LogP contribution >= 0.6 is 0 Å². The van der Waals surface area contributed by atoms with Crippen LogP contribution in [0.5, 0.6) is 0 Å². The Balaban J connectivity index is 1.93. The largest absolute Gasteiger partial charge is 0.393 e. The second kappa shape index (κ2) is 8.09. The molecular formula is C21H26O2. The van der Waals surface area contributed by atoms with E-state index in [-0.39, 0.29) is 18.1 Å². The molecule has 0 heterocycles. The molecule has 0 aliphatic carbocycles. The summed E-state index contributed by atoms with van der Waals surface area (Å²) in [4.78, 5) is 0. The first-order valence-electron chi connectivity index (χ1n) is 8.05. The fraction of sp³-hybridized carbons (Fsp3) is 0.333. The van der Waals surface area contributed by atoms with E-state index in [9.17, 15) is 5.11 Å². The third-order valence-corrected chi connectivity index (χ3v) is 3.82. The normalized spacial score (nSPS) is 13.4. The van der Waals surface area contributed by atoms with Crippen LogP contribution in [0.25, 0.3) is 6.08 Å². The van der Waals surface area contributed by atoms with E-state index in [1.165, 1.54) is 5.56 Å². The van der Waals surface area contributed by atoms with Crippen LogP contribution < -0.4 is 0 Å². The van der Waals surface area contributed by atoms with Crippen LogP contribution in [-0.4, -0.2) is 18.3 Å². The van der Waals surface area contributed by atoms with Crippen molar-refractivity contribution in [2.75, 3.05) is 13.2 Å². The lowest BCUT2D eigenvalue weighted by atomic mass is 9.86. The summed E-state index contributed by atoms with van der Waals surface area (Å²) in [7, 11) is 0. The third kappa shape index (κ3) is 5.34. The van der Waals surface area contributed by atoms with Gasteiger partial charge in [0.2, 0.25) is 0 Å². The molecule has 1 unspecified atom stereocenters. The van der Waals surface area contributed by atoms with E-state index in [0.717, 1.165) is 11.1 Å². The zero-order chi connectivity index (χ0) is 16.7. The summed E-state index contributed by atoms with van der Waals surface area (Å²) in [5, 5.41) is 9.58. The molecule has 23 heavy (non-hydrogen) atoms. The van der Waals surface area contributed by atoms with Crippen molar-refractivity contribution < 1.29 is 9.84 Å². The molecule has 0 aliphatic rings. The molecule has 0 radical (unpaired) electrons. The Bertz CT molecular complexity index is 607. The first-order valence-corrected chi connectivity index (χ1v) is 8.05. The van der Waals surface area contributed by atoms with Crippen molar-refractivity contribution in [1.29, 1.82) is 0 Å². The number of hydrogen-bond donors (Lipinski definition) is 1. The van der Waals surface area contributed by atoms with Gasteiger partial charge in [0.15, 0.2) is 0 Å². The first-order chi connectivity index (χ1) is 11.0. The Kier molecular flexibility index (Phi) is 6.14. The molecule has 0 amide bonds. The molecule has 2 heteroatoms. The van der Waals surface area contributed by atoms with Crippen molar-refractivity contribution in [3.05, 3.63) is 77.4 Å². The summed E-state index contributed by atoms with van der Waals surface area (Å²) < 4.78 is 5.79. The highest BCUT2D eigenvalue weighted by atomic mass is 16.5. The van der Waals surface area contributed by atoms with E-state index in [1.807, 2.05) is 54.6 Å². The van der Waals surface area contributed by atoms with Gasteiger partial charge in [-0.1, -0.05) is 87.5 Å². The average molecular weight is 310 g/mol. The van der Waals surface area contributed by atoms with Crippen LogP contribution in [0.4, 0.5) is 0 Å². The second-order valence-corrected chi connectivity index (χ2v) is 6.69. The van der Waals surface area contributed by atoms with Crippen molar-refractivity contribution >= 4 is 6.08 Å². The predicted molar refractivity (Wildman–Crippen MR) is 96.4 cm³/mol. The highest BCUT2D eigenvalue weighted by Crippen LogP contribution is 2.25. The Morgan fingerprint density at radius 1 is 1.00 bits per heavy atom. The average Bonchev–Trinajstić information content (AvgIpc) is 2.55. The zero-order valence-corrected chi connectivity index (χ0v) is 14.2. The van der Waals surface area contributed by atoms with Crippen LogP contribution in [0.2, 0.25) is 0 Å². The van der Waals surface area contributed by atoms with Gasteiger partial charge in [-0.15, -0.1) is 0 Å². The Morgan fingerprint density at radius 3 is 2.22 bits per heavy atom. The van der Waals surface area contributed by atoms with Crippen molar-refractivity contribution in [1.82, 2.24) is 0 Å². The molecular weight excluding hydrogens is 284 g/mol. The van der Waals surface area contributed by atoms with E-state index >= 15 is 0 Å². The van der Waals surface area contributed by atoms with Gasteiger partial charge in [0.1, 0.15) is 6.10 Å². The lowest BCUT2D eigenvalue weighted by Gasteiger charge is -2.21. The molecule has 0 saturated carbocycles. The molecule has 0 aromatic heterocycles. The highest BCUT2D eigenvalue weighted by molar-refractivity contribution is 5.48. The second-order valence-electron chi connectivity index (χ2n) is 6.69. The third-order valence-electron chi connectivity index (χ3n) is 3.82. The maximum atomic E-state index is 9.58. The molecule has 2 rings (SSSR count). The predicted octanol–water partition coefficient (Wildman–Crippen LogP) is 4.75. The molecule has 0 aliphatic heterocycles. The number of benzene rings is 2. The van der Waals surface area contributed by atoms with Gasteiger partial charge in [0, 0.05) is 0 Å². The monoisotopic (exact) mass is 310 g/mol. The highest BCUT2D eigenvalue weighted by Gasteiger charge is 2.15. The molecule has 122 valence electrons. The smallest absolute Gasteiger partial charge is 0.106 e. The maximum absolute atomic E-state index is 9.58. The van der Waals surface area contributed by atoms with Gasteiger partial charge in [0.05, 0.1) is 13.2 Å². The van der Waals surface area contributed by atoms with Crippen molar-refractivity contribution in [2.45, 2.75) is 32.3 Å². The van der Waals surface area contributed by atoms with Crippen LogP contribution in [0.15, 0.2) is 60.7 Å². The van der Waals surface area contributed by atoms with E-state index in [2.05, 4.69) is 32.9 Å². The molecule has 2 aromatic carbocycles. The molecule has 2 aromatic rings. The fourth-order valence-corrected chi connectivity index (χ4v) is 2.37. The molecule has 0 bridgehead atoms. The van der Waals surface area contributed by atoms with Gasteiger partial charge in [-0.3, -0.25) is 0 Å². The zero-order valence-electron chi connectivity index (χ0n) is 14.2. The standard InChI is InChI=1S/C21H26O2/c1-21(2,3)19-13-11-18(12-14-19)20(16-22)23-15-7-10-17-8-5-4-6-9-17/h4-14,20,22H,15-16H2,1-3H3/b10-7+. The van der Waals surface area contributed by atoms with Gasteiger partial charge in [-0.25, -0.2) is 0 Å². The Hall–Kier alpha value is -1.90. The van der Waals surface area contributed by atoms with Gasteiger partial charge >= 0.3 is 0 Å². The number of rotatable bonds is 6.